The number of amides is 1. The van der Waals surface area contributed by atoms with Gasteiger partial charge >= 0.3 is 6.18 Å². The lowest BCUT2D eigenvalue weighted by atomic mass is 9.83. The highest BCUT2D eigenvalue weighted by molar-refractivity contribution is 7.99. The number of carbonyl (C=O) groups is 1. The Morgan fingerprint density at radius 2 is 1.79 bits per heavy atom. The molecule has 2 aromatic rings. The van der Waals surface area contributed by atoms with Gasteiger partial charge in [0.2, 0.25) is 5.91 Å². The maximum atomic E-state index is 14.4. The topological polar surface area (TPSA) is 41.9 Å². The van der Waals surface area contributed by atoms with E-state index in [1.54, 1.807) is 6.07 Å². The summed E-state index contributed by atoms with van der Waals surface area (Å²) in [4.78, 5) is 14.4. The van der Waals surface area contributed by atoms with Crippen LogP contribution < -0.4 is 0 Å². The minimum Gasteiger partial charge on any atom is -0.362 e. The van der Waals surface area contributed by atoms with Crippen LogP contribution in [0.25, 0.3) is 0 Å². The number of hydrogen-bond donors (Lipinski definition) is 0. The summed E-state index contributed by atoms with van der Waals surface area (Å²) in [6, 6.07) is 7.38. The van der Waals surface area contributed by atoms with Crippen molar-refractivity contribution in [1.29, 1.82) is 0 Å². The van der Waals surface area contributed by atoms with Crippen LogP contribution in [0.4, 0.5) is 17.6 Å². The predicted octanol–water partition coefficient (Wildman–Crippen LogP) is 8.36. The molecule has 1 fully saturated rings. The number of fused-ring (bicyclic) bond motifs is 2. The maximum absolute atomic E-state index is 14.4. The normalized spacial score (nSPS) is 21.7. The summed E-state index contributed by atoms with van der Waals surface area (Å²) in [7, 11) is 0. The molecule has 1 spiro atoms. The number of carbonyl (C=O) groups excluding carboxylic acids is 1. The summed E-state index contributed by atoms with van der Waals surface area (Å²) in [6.07, 6.45) is 0.818. The Morgan fingerprint density at radius 3 is 2.46 bits per heavy atom. The third-order valence-electron chi connectivity index (χ3n) is 7.81. The van der Waals surface area contributed by atoms with Crippen molar-refractivity contribution in [3.63, 3.8) is 0 Å². The molecule has 1 amide bonds. The Morgan fingerprint density at radius 1 is 1.10 bits per heavy atom. The second-order valence-corrected chi connectivity index (χ2v) is 12.3. The van der Waals surface area contributed by atoms with Crippen LogP contribution in [0.5, 0.6) is 0 Å². The molecular formula is C28H28Cl2F4N2O2S. The van der Waals surface area contributed by atoms with E-state index in [9.17, 15) is 22.4 Å². The lowest BCUT2D eigenvalue weighted by Gasteiger charge is -2.47. The Labute approximate surface area is 239 Å². The zero-order valence-electron chi connectivity index (χ0n) is 21.3. The first-order chi connectivity index (χ1) is 18.5. The van der Waals surface area contributed by atoms with Crippen LogP contribution in [0.1, 0.15) is 74.1 Å². The van der Waals surface area contributed by atoms with Gasteiger partial charge in [0, 0.05) is 12.8 Å². The second kappa shape index (κ2) is 10.9. The highest BCUT2D eigenvalue weighted by Gasteiger charge is 2.60. The number of nitrogens with zero attached hydrogens (tertiary/aromatic N) is 2. The van der Waals surface area contributed by atoms with Gasteiger partial charge in [0.1, 0.15) is 5.60 Å². The van der Waals surface area contributed by atoms with Gasteiger partial charge in [-0.3, -0.25) is 4.79 Å². The molecule has 3 heterocycles. The number of ether oxygens (including phenoxy) is 1. The first-order valence-corrected chi connectivity index (χ1v) is 14.5. The van der Waals surface area contributed by atoms with Crippen molar-refractivity contribution in [3.8, 4) is 0 Å². The monoisotopic (exact) mass is 602 g/mol. The van der Waals surface area contributed by atoms with E-state index in [0.717, 1.165) is 48.9 Å². The third-order valence-corrected chi connectivity index (χ3v) is 9.59. The minimum atomic E-state index is -4.70. The molecule has 1 saturated heterocycles. The fourth-order valence-corrected chi connectivity index (χ4v) is 6.98. The molecule has 0 bridgehead atoms. The average Bonchev–Trinajstić information content (AvgIpc) is 3.49. The Bertz CT molecular complexity index is 1290. The van der Waals surface area contributed by atoms with Crippen molar-refractivity contribution in [3.05, 3.63) is 68.4 Å². The molecule has 0 saturated carbocycles. The SMILES string of the molecule is CCCCCCCC(=O)N1CC2(C1)OCc1cc(C3=NSC(c4cc(Cl)c(F)c(Cl)c4)(C(F)(F)F)C3)ccc12. The van der Waals surface area contributed by atoms with E-state index < -0.39 is 38.8 Å². The van der Waals surface area contributed by atoms with Crippen molar-refractivity contribution >= 4 is 46.8 Å². The zero-order chi connectivity index (χ0) is 28.0. The maximum Gasteiger partial charge on any atom is 0.409 e. The minimum absolute atomic E-state index is 0.132. The van der Waals surface area contributed by atoms with E-state index in [1.807, 2.05) is 17.0 Å². The smallest absolute Gasteiger partial charge is 0.362 e. The van der Waals surface area contributed by atoms with Gasteiger partial charge in [-0.2, -0.15) is 13.2 Å². The lowest BCUT2D eigenvalue weighted by molar-refractivity contribution is -0.168. The molecule has 0 radical (unpaired) electrons. The molecule has 4 nitrogen and oxygen atoms in total. The van der Waals surface area contributed by atoms with E-state index >= 15 is 0 Å². The third kappa shape index (κ3) is 5.20. The number of likely N-dealkylation sites (tertiary alicyclic amines) is 1. The van der Waals surface area contributed by atoms with Gasteiger partial charge in [-0.15, -0.1) is 0 Å². The molecule has 39 heavy (non-hydrogen) atoms. The first kappa shape index (κ1) is 28.7. The molecule has 1 unspecified atom stereocenters. The summed E-state index contributed by atoms with van der Waals surface area (Å²) < 4.78 is 65.1. The second-order valence-electron chi connectivity index (χ2n) is 10.5. The van der Waals surface area contributed by atoms with E-state index in [0.29, 0.717) is 43.6 Å². The van der Waals surface area contributed by atoms with Gasteiger partial charge in [-0.1, -0.05) is 67.9 Å². The fourth-order valence-electron chi connectivity index (χ4n) is 5.52. The summed E-state index contributed by atoms with van der Waals surface area (Å²) in [5.74, 6) is -0.827. The number of benzene rings is 2. The molecule has 210 valence electrons. The Kier molecular flexibility index (Phi) is 8.01. The van der Waals surface area contributed by atoms with Gasteiger partial charge in [0.05, 0.1) is 35.5 Å². The fraction of sp³-hybridized carbons (Fsp3) is 0.500. The number of unbranched alkanes of at least 4 members (excludes halogenated alkanes) is 4. The van der Waals surface area contributed by atoms with Gasteiger partial charge in [-0.05, 0) is 58.8 Å². The van der Waals surface area contributed by atoms with Crippen molar-refractivity contribution in [2.75, 3.05) is 13.1 Å². The van der Waals surface area contributed by atoms with E-state index in [-0.39, 0.29) is 17.2 Å². The van der Waals surface area contributed by atoms with Crippen molar-refractivity contribution in [1.82, 2.24) is 4.90 Å². The summed E-state index contributed by atoms with van der Waals surface area (Å²) in [6.45, 7) is 3.43. The molecule has 5 rings (SSSR count). The predicted molar refractivity (Wildman–Crippen MR) is 146 cm³/mol. The van der Waals surface area contributed by atoms with Crippen LogP contribution in [-0.2, 0) is 26.5 Å². The quantitative estimate of drug-likeness (QED) is 0.132. The molecule has 3 aliphatic rings. The average molecular weight is 604 g/mol. The zero-order valence-corrected chi connectivity index (χ0v) is 23.7. The molecule has 2 aromatic carbocycles. The van der Waals surface area contributed by atoms with Crippen molar-refractivity contribution < 1.29 is 27.1 Å². The van der Waals surface area contributed by atoms with Gasteiger partial charge in [0.25, 0.3) is 0 Å². The van der Waals surface area contributed by atoms with Crippen LogP contribution in [-0.4, -0.2) is 35.8 Å². The van der Waals surface area contributed by atoms with Crippen molar-refractivity contribution in [2.24, 2.45) is 4.40 Å². The molecule has 0 aliphatic carbocycles. The Hall–Kier alpha value is -1.81. The molecule has 1 atom stereocenters. The number of hydrogen-bond acceptors (Lipinski definition) is 4. The van der Waals surface area contributed by atoms with Gasteiger partial charge < -0.3 is 9.64 Å². The van der Waals surface area contributed by atoms with Crippen molar-refractivity contribution in [2.45, 2.75) is 75.0 Å². The van der Waals surface area contributed by atoms with Crippen LogP contribution in [0, 0.1) is 5.82 Å². The molecular weight excluding hydrogens is 575 g/mol. The van der Waals surface area contributed by atoms with Crippen LogP contribution >= 0.6 is 35.1 Å². The summed E-state index contributed by atoms with van der Waals surface area (Å²) in [5.41, 5.74) is 1.86. The molecule has 3 aliphatic heterocycles. The van der Waals surface area contributed by atoms with E-state index in [2.05, 4.69) is 11.3 Å². The van der Waals surface area contributed by atoms with Gasteiger partial charge in [-0.25, -0.2) is 8.79 Å². The summed E-state index contributed by atoms with van der Waals surface area (Å²) >= 11 is 12.1. The number of rotatable bonds is 8. The van der Waals surface area contributed by atoms with E-state index in [4.69, 9.17) is 27.9 Å². The van der Waals surface area contributed by atoms with Gasteiger partial charge in [0.15, 0.2) is 10.6 Å². The highest BCUT2D eigenvalue weighted by Crippen LogP contribution is 2.57. The van der Waals surface area contributed by atoms with Crippen LogP contribution in [0.2, 0.25) is 10.0 Å². The molecule has 11 heteroatoms. The van der Waals surface area contributed by atoms with Crippen LogP contribution in [0.3, 0.4) is 0 Å². The van der Waals surface area contributed by atoms with Crippen LogP contribution in [0.15, 0.2) is 34.7 Å². The largest absolute Gasteiger partial charge is 0.409 e. The number of alkyl halides is 3. The highest BCUT2D eigenvalue weighted by atomic mass is 35.5. The molecule has 0 aromatic heterocycles. The number of halogens is 6. The standard InChI is InChI=1S/C28H28Cl2F4N2O2S/c1-2-3-4-5-6-7-24(37)36-15-26(16-36)20-9-8-17(10-18(20)14-38-26)23-13-27(39-35-23,28(32,33)34)19-11-21(29)25(31)22(30)12-19/h8-12H,2-7,13-16H2,1H3. The van der Waals surface area contributed by atoms with E-state index in [1.165, 1.54) is 6.42 Å². The first-order valence-electron chi connectivity index (χ1n) is 13.0. The Balaban J connectivity index is 1.29. The lowest BCUT2D eigenvalue weighted by Crippen LogP contribution is -2.61. The molecule has 0 N–H and O–H groups in total. The summed E-state index contributed by atoms with van der Waals surface area (Å²) in [5, 5.41) is -0.945.